The molecule has 0 unspecified atom stereocenters. The zero-order valence-electron chi connectivity index (χ0n) is 10.6. The normalized spacial score (nSPS) is 28.3. The molecule has 0 radical (unpaired) electrons. The average molecular weight is 266 g/mol. The third kappa shape index (κ3) is 3.25. The van der Waals surface area contributed by atoms with Gasteiger partial charge in [-0.25, -0.2) is 0 Å². The van der Waals surface area contributed by atoms with Crippen molar-refractivity contribution in [3.05, 3.63) is 34.9 Å². The average Bonchev–Trinajstić information content (AvgIpc) is 3.16. The summed E-state index contributed by atoms with van der Waals surface area (Å²) in [6.45, 7) is 1.77. The van der Waals surface area contributed by atoms with E-state index in [0.717, 1.165) is 37.1 Å². The molecule has 3 rings (SSSR count). The van der Waals surface area contributed by atoms with Gasteiger partial charge in [0.1, 0.15) is 0 Å². The standard InChI is InChI=1S/C15H20ClNO/c16-13-3-1-2-11(9-13)8-12-10-18-7-6-15(12)17-14-4-5-14/h1-3,9,12,14-15,17H,4-8,10H2/t12-,15-/m0/s1. The number of hydrogen-bond acceptors (Lipinski definition) is 2. The van der Waals surface area contributed by atoms with Gasteiger partial charge in [0.25, 0.3) is 0 Å². The van der Waals surface area contributed by atoms with Crippen molar-refractivity contribution in [2.75, 3.05) is 13.2 Å². The third-order valence-corrected chi connectivity index (χ3v) is 4.12. The van der Waals surface area contributed by atoms with Crippen molar-refractivity contribution >= 4 is 11.6 Å². The summed E-state index contributed by atoms with van der Waals surface area (Å²) in [5.41, 5.74) is 1.32. The molecular weight excluding hydrogens is 246 g/mol. The zero-order chi connectivity index (χ0) is 12.4. The minimum Gasteiger partial charge on any atom is -0.381 e. The molecule has 0 spiro atoms. The lowest BCUT2D eigenvalue weighted by Crippen LogP contribution is -2.44. The first-order valence-electron chi connectivity index (χ1n) is 6.89. The minimum absolute atomic E-state index is 0.581. The molecular formula is C15H20ClNO. The highest BCUT2D eigenvalue weighted by Crippen LogP contribution is 2.26. The molecule has 18 heavy (non-hydrogen) atoms. The Morgan fingerprint density at radius 2 is 2.17 bits per heavy atom. The van der Waals surface area contributed by atoms with E-state index in [1.54, 1.807) is 0 Å². The fourth-order valence-electron chi connectivity index (χ4n) is 2.74. The van der Waals surface area contributed by atoms with Crippen LogP contribution in [0.5, 0.6) is 0 Å². The van der Waals surface area contributed by atoms with Crippen LogP contribution in [0.15, 0.2) is 24.3 Å². The van der Waals surface area contributed by atoms with Gasteiger partial charge in [-0.05, 0) is 43.4 Å². The Bertz CT molecular complexity index is 405. The Labute approximate surface area is 114 Å². The van der Waals surface area contributed by atoms with Gasteiger partial charge >= 0.3 is 0 Å². The Morgan fingerprint density at radius 3 is 2.94 bits per heavy atom. The highest BCUT2D eigenvalue weighted by atomic mass is 35.5. The van der Waals surface area contributed by atoms with Crippen molar-refractivity contribution in [2.24, 2.45) is 5.92 Å². The molecule has 0 aromatic heterocycles. The van der Waals surface area contributed by atoms with Crippen LogP contribution < -0.4 is 5.32 Å². The third-order valence-electron chi connectivity index (χ3n) is 3.89. The Balaban J connectivity index is 1.64. The molecule has 0 amide bonds. The molecule has 2 fully saturated rings. The summed E-state index contributed by atoms with van der Waals surface area (Å²) in [6, 6.07) is 9.59. The zero-order valence-corrected chi connectivity index (χ0v) is 11.3. The molecule has 3 heteroatoms. The molecule has 2 atom stereocenters. The van der Waals surface area contributed by atoms with Crippen molar-refractivity contribution in [2.45, 2.75) is 37.8 Å². The van der Waals surface area contributed by atoms with Crippen LogP contribution >= 0.6 is 11.6 Å². The maximum Gasteiger partial charge on any atom is 0.0512 e. The molecule has 2 aliphatic rings. The SMILES string of the molecule is Clc1cccc(C[C@H]2COCC[C@@H]2NC2CC2)c1. The molecule has 1 aliphatic heterocycles. The van der Waals surface area contributed by atoms with E-state index in [2.05, 4.69) is 17.4 Å². The van der Waals surface area contributed by atoms with Gasteiger partial charge < -0.3 is 10.1 Å². The molecule has 98 valence electrons. The summed E-state index contributed by atoms with van der Waals surface area (Å²) in [7, 11) is 0. The molecule has 1 heterocycles. The van der Waals surface area contributed by atoms with Gasteiger partial charge in [-0.1, -0.05) is 23.7 Å². The lowest BCUT2D eigenvalue weighted by atomic mass is 9.89. The highest BCUT2D eigenvalue weighted by Gasteiger charge is 2.31. The van der Waals surface area contributed by atoms with Crippen LogP contribution in [0.1, 0.15) is 24.8 Å². The summed E-state index contributed by atoms with van der Waals surface area (Å²) < 4.78 is 5.64. The van der Waals surface area contributed by atoms with Crippen molar-refractivity contribution < 1.29 is 4.74 Å². The molecule has 1 N–H and O–H groups in total. The second-order valence-electron chi connectivity index (χ2n) is 5.51. The van der Waals surface area contributed by atoms with E-state index < -0.39 is 0 Å². The molecule has 1 aromatic rings. The Hall–Kier alpha value is -0.570. The van der Waals surface area contributed by atoms with Crippen LogP contribution in [-0.2, 0) is 11.2 Å². The summed E-state index contributed by atoms with van der Waals surface area (Å²) >= 11 is 6.05. The van der Waals surface area contributed by atoms with Crippen molar-refractivity contribution in [1.29, 1.82) is 0 Å². The fraction of sp³-hybridized carbons (Fsp3) is 0.600. The van der Waals surface area contributed by atoms with Gasteiger partial charge in [0.2, 0.25) is 0 Å². The van der Waals surface area contributed by atoms with Gasteiger partial charge in [-0.15, -0.1) is 0 Å². The van der Waals surface area contributed by atoms with Crippen LogP contribution in [0.3, 0.4) is 0 Å². The Morgan fingerprint density at radius 1 is 1.28 bits per heavy atom. The summed E-state index contributed by atoms with van der Waals surface area (Å²) in [4.78, 5) is 0. The maximum atomic E-state index is 6.05. The lowest BCUT2D eigenvalue weighted by Gasteiger charge is -2.32. The molecule has 2 nitrogen and oxygen atoms in total. The van der Waals surface area contributed by atoms with Crippen LogP contribution in [0.25, 0.3) is 0 Å². The quantitative estimate of drug-likeness (QED) is 0.904. The molecule has 1 aromatic carbocycles. The van der Waals surface area contributed by atoms with E-state index in [1.807, 2.05) is 12.1 Å². The van der Waals surface area contributed by atoms with E-state index in [0.29, 0.717) is 12.0 Å². The fourth-order valence-corrected chi connectivity index (χ4v) is 2.95. The van der Waals surface area contributed by atoms with Gasteiger partial charge in [0, 0.05) is 29.6 Å². The van der Waals surface area contributed by atoms with Crippen molar-refractivity contribution in [1.82, 2.24) is 5.32 Å². The lowest BCUT2D eigenvalue weighted by molar-refractivity contribution is 0.0316. The number of halogens is 1. The monoisotopic (exact) mass is 265 g/mol. The van der Waals surface area contributed by atoms with Gasteiger partial charge in [0.15, 0.2) is 0 Å². The van der Waals surface area contributed by atoms with E-state index in [9.17, 15) is 0 Å². The van der Waals surface area contributed by atoms with Crippen LogP contribution in [0.2, 0.25) is 5.02 Å². The maximum absolute atomic E-state index is 6.05. The minimum atomic E-state index is 0.581. The van der Waals surface area contributed by atoms with Crippen molar-refractivity contribution in [3.8, 4) is 0 Å². The van der Waals surface area contributed by atoms with E-state index >= 15 is 0 Å². The number of benzene rings is 1. The Kier molecular flexibility index (Phi) is 3.88. The predicted molar refractivity (Wildman–Crippen MR) is 74.0 cm³/mol. The predicted octanol–water partition coefficient (Wildman–Crippen LogP) is 3.04. The van der Waals surface area contributed by atoms with Crippen LogP contribution in [0.4, 0.5) is 0 Å². The largest absolute Gasteiger partial charge is 0.381 e. The number of ether oxygens (including phenoxy) is 1. The van der Waals surface area contributed by atoms with Gasteiger partial charge in [-0.3, -0.25) is 0 Å². The topological polar surface area (TPSA) is 21.3 Å². The van der Waals surface area contributed by atoms with Gasteiger partial charge in [0.05, 0.1) is 6.61 Å². The molecule has 1 saturated carbocycles. The van der Waals surface area contributed by atoms with E-state index in [4.69, 9.17) is 16.3 Å². The molecule has 1 aliphatic carbocycles. The molecule has 0 bridgehead atoms. The van der Waals surface area contributed by atoms with Gasteiger partial charge in [-0.2, -0.15) is 0 Å². The van der Waals surface area contributed by atoms with E-state index in [-0.39, 0.29) is 0 Å². The highest BCUT2D eigenvalue weighted by molar-refractivity contribution is 6.30. The molecule has 1 saturated heterocycles. The summed E-state index contributed by atoms with van der Waals surface area (Å²) in [5, 5.41) is 4.59. The number of nitrogens with one attached hydrogen (secondary N) is 1. The smallest absolute Gasteiger partial charge is 0.0512 e. The number of rotatable bonds is 4. The van der Waals surface area contributed by atoms with Crippen LogP contribution in [-0.4, -0.2) is 25.3 Å². The van der Waals surface area contributed by atoms with Crippen molar-refractivity contribution in [3.63, 3.8) is 0 Å². The first-order chi connectivity index (χ1) is 8.81. The number of hydrogen-bond donors (Lipinski definition) is 1. The first-order valence-corrected chi connectivity index (χ1v) is 7.27. The van der Waals surface area contributed by atoms with Crippen LogP contribution in [0, 0.1) is 5.92 Å². The van der Waals surface area contributed by atoms with E-state index in [1.165, 1.54) is 18.4 Å². The summed E-state index contributed by atoms with van der Waals surface area (Å²) in [6.07, 6.45) is 4.90. The summed E-state index contributed by atoms with van der Waals surface area (Å²) in [5.74, 6) is 0.581. The first kappa shape index (κ1) is 12.5. The second-order valence-corrected chi connectivity index (χ2v) is 5.94. The second kappa shape index (κ2) is 5.60.